The minimum Gasteiger partial charge on any atom is -0.361 e. The third-order valence-electron chi connectivity index (χ3n) is 2.51. The Morgan fingerprint density at radius 1 is 1.54 bits per heavy atom. The van der Waals surface area contributed by atoms with E-state index in [9.17, 15) is 0 Å². The zero-order chi connectivity index (χ0) is 9.10. The van der Waals surface area contributed by atoms with E-state index in [1.165, 1.54) is 26.2 Å². The Morgan fingerprint density at radius 2 is 2.31 bits per heavy atom. The van der Waals surface area contributed by atoms with E-state index in [1.54, 1.807) is 4.90 Å². The lowest BCUT2D eigenvalue weighted by Crippen LogP contribution is -3.19. The maximum Gasteiger partial charge on any atom is 0.138 e. The molecule has 0 bridgehead atoms. The Hall–Kier alpha value is -0.870. The van der Waals surface area contributed by atoms with Crippen molar-refractivity contribution in [3.63, 3.8) is 0 Å². The largest absolute Gasteiger partial charge is 0.361 e. The molecule has 72 valence electrons. The summed E-state index contributed by atoms with van der Waals surface area (Å²) in [5, 5.41) is 6.38. The Balaban J connectivity index is 1.89. The van der Waals surface area contributed by atoms with Gasteiger partial charge in [-0.05, 0) is 6.92 Å². The molecule has 0 unspecified atom stereocenters. The van der Waals surface area contributed by atoms with E-state index in [-0.39, 0.29) is 0 Å². The Labute approximate surface area is 77.9 Å². The number of quaternary nitrogens is 2. The van der Waals surface area contributed by atoms with Crippen LogP contribution in [0.5, 0.6) is 0 Å². The topological polar surface area (TPSA) is 47.1 Å². The lowest BCUT2D eigenvalue weighted by Gasteiger charge is -2.20. The van der Waals surface area contributed by atoms with Gasteiger partial charge in [0.1, 0.15) is 44.2 Å². The fourth-order valence-electron chi connectivity index (χ4n) is 1.82. The van der Waals surface area contributed by atoms with Gasteiger partial charge < -0.3 is 14.7 Å². The first-order valence-corrected chi connectivity index (χ1v) is 4.92. The highest BCUT2D eigenvalue weighted by molar-refractivity contribution is 5.01. The van der Waals surface area contributed by atoms with Gasteiger partial charge >= 0.3 is 0 Å². The van der Waals surface area contributed by atoms with E-state index >= 15 is 0 Å². The molecule has 1 fully saturated rings. The molecule has 4 heteroatoms. The van der Waals surface area contributed by atoms with Gasteiger partial charge in [-0.25, -0.2) is 0 Å². The van der Waals surface area contributed by atoms with Crippen molar-refractivity contribution in [1.29, 1.82) is 0 Å². The summed E-state index contributed by atoms with van der Waals surface area (Å²) in [6, 6.07) is 2.03. The smallest absolute Gasteiger partial charge is 0.138 e. The average Bonchev–Trinajstić information content (AvgIpc) is 2.53. The highest BCUT2D eigenvalue weighted by Crippen LogP contribution is 1.98. The fraction of sp³-hybridized carbons (Fsp3) is 0.667. The maximum absolute atomic E-state index is 5.03. The van der Waals surface area contributed by atoms with E-state index in [2.05, 4.69) is 10.5 Å². The number of nitrogens with zero attached hydrogens (tertiary/aromatic N) is 1. The van der Waals surface area contributed by atoms with Gasteiger partial charge in [0.25, 0.3) is 0 Å². The SMILES string of the molecule is Cc1cc(C[NH+]2CC[NH2+]CC2)no1. The molecule has 1 aliphatic rings. The standard InChI is InChI=1S/C9H15N3O/c1-8-6-9(11-13-8)7-12-4-2-10-3-5-12/h6,10H,2-5,7H2,1H3/p+2. The molecule has 0 aliphatic carbocycles. The predicted octanol–water partition coefficient (Wildman–Crippen LogP) is -2.06. The number of hydrogen-bond donors (Lipinski definition) is 2. The van der Waals surface area contributed by atoms with Gasteiger partial charge in [0, 0.05) is 6.07 Å². The number of aromatic nitrogens is 1. The molecule has 0 spiro atoms. The molecular formula is C9H17N3O+2. The average molecular weight is 183 g/mol. The van der Waals surface area contributed by atoms with Gasteiger partial charge in [0.2, 0.25) is 0 Å². The molecule has 1 aromatic rings. The normalized spacial score (nSPS) is 19.2. The quantitative estimate of drug-likeness (QED) is 0.554. The first kappa shape index (κ1) is 8.72. The second kappa shape index (κ2) is 3.89. The van der Waals surface area contributed by atoms with Gasteiger partial charge in [-0.15, -0.1) is 0 Å². The van der Waals surface area contributed by atoms with Crippen molar-refractivity contribution in [3.05, 3.63) is 17.5 Å². The van der Waals surface area contributed by atoms with Crippen LogP contribution in [0.25, 0.3) is 0 Å². The molecule has 1 aromatic heterocycles. The van der Waals surface area contributed by atoms with Crippen LogP contribution >= 0.6 is 0 Å². The van der Waals surface area contributed by atoms with Crippen molar-refractivity contribution >= 4 is 0 Å². The summed E-state index contributed by atoms with van der Waals surface area (Å²) in [7, 11) is 0. The summed E-state index contributed by atoms with van der Waals surface area (Å²) in [5.74, 6) is 0.915. The minimum atomic E-state index is 0.915. The van der Waals surface area contributed by atoms with Crippen LogP contribution < -0.4 is 10.2 Å². The Kier molecular flexibility index (Phi) is 2.61. The van der Waals surface area contributed by atoms with Crippen molar-refractivity contribution < 1.29 is 14.7 Å². The first-order valence-electron chi connectivity index (χ1n) is 4.92. The summed E-state index contributed by atoms with van der Waals surface area (Å²) in [6.45, 7) is 7.93. The third kappa shape index (κ3) is 2.29. The summed E-state index contributed by atoms with van der Waals surface area (Å²) in [4.78, 5) is 1.62. The number of hydrogen-bond acceptors (Lipinski definition) is 2. The van der Waals surface area contributed by atoms with Crippen LogP contribution in [0.4, 0.5) is 0 Å². The predicted molar refractivity (Wildman–Crippen MR) is 47.3 cm³/mol. The Bertz CT molecular complexity index is 266. The van der Waals surface area contributed by atoms with Crippen molar-refractivity contribution in [1.82, 2.24) is 5.16 Å². The van der Waals surface area contributed by atoms with Gasteiger partial charge in [-0.2, -0.15) is 0 Å². The summed E-state index contributed by atoms with van der Waals surface area (Å²) < 4.78 is 5.03. The van der Waals surface area contributed by atoms with E-state index in [4.69, 9.17) is 4.52 Å². The van der Waals surface area contributed by atoms with E-state index < -0.39 is 0 Å². The van der Waals surface area contributed by atoms with Crippen LogP contribution in [0.15, 0.2) is 10.6 Å². The minimum absolute atomic E-state index is 0.915. The van der Waals surface area contributed by atoms with Crippen LogP contribution in [0, 0.1) is 6.92 Å². The van der Waals surface area contributed by atoms with E-state index in [1.807, 2.05) is 13.0 Å². The molecule has 0 saturated carbocycles. The van der Waals surface area contributed by atoms with Crippen molar-refractivity contribution in [2.24, 2.45) is 0 Å². The van der Waals surface area contributed by atoms with Crippen molar-refractivity contribution in [3.8, 4) is 0 Å². The summed E-state index contributed by atoms with van der Waals surface area (Å²) in [5.41, 5.74) is 1.09. The molecule has 0 radical (unpaired) electrons. The zero-order valence-electron chi connectivity index (χ0n) is 8.05. The highest BCUT2D eigenvalue weighted by atomic mass is 16.5. The van der Waals surface area contributed by atoms with Gasteiger partial charge in [0.05, 0.1) is 0 Å². The molecule has 0 amide bonds. The van der Waals surface area contributed by atoms with Gasteiger partial charge in [0.15, 0.2) is 0 Å². The molecule has 13 heavy (non-hydrogen) atoms. The third-order valence-corrected chi connectivity index (χ3v) is 2.51. The molecular weight excluding hydrogens is 166 g/mol. The fourth-order valence-corrected chi connectivity index (χ4v) is 1.82. The molecule has 1 aliphatic heterocycles. The van der Waals surface area contributed by atoms with Crippen LogP contribution in [0.2, 0.25) is 0 Å². The molecule has 0 aromatic carbocycles. The number of nitrogens with one attached hydrogen (secondary N) is 1. The van der Waals surface area contributed by atoms with Gasteiger partial charge in [-0.3, -0.25) is 0 Å². The lowest BCUT2D eigenvalue weighted by atomic mass is 10.3. The van der Waals surface area contributed by atoms with E-state index in [0.717, 1.165) is 18.0 Å². The number of piperazine rings is 1. The molecule has 3 N–H and O–H groups in total. The summed E-state index contributed by atoms with van der Waals surface area (Å²) >= 11 is 0. The van der Waals surface area contributed by atoms with Crippen molar-refractivity contribution in [2.75, 3.05) is 26.2 Å². The van der Waals surface area contributed by atoms with Crippen LogP contribution in [-0.2, 0) is 6.54 Å². The van der Waals surface area contributed by atoms with E-state index in [0.29, 0.717) is 0 Å². The summed E-state index contributed by atoms with van der Waals surface area (Å²) in [6.07, 6.45) is 0. The molecule has 1 saturated heterocycles. The van der Waals surface area contributed by atoms with Gasteiger partial charge in [-0.1, -0.05) is 5.16 Å². The second-order valence-corrected chi connectivity index (χ2v) is 3.72. The maximum atomic E-state index is 5.03. The number of nitrogens with two attached hydrogens (primary N) is 1. The van der Waals surface area contributed by atoms with Crippen LogP contribution in [0.3, 0.4) is 0 Å². The molecule has 4 nitrogen and oxygen atoms in total. The Morgan fingerprint density at radius 3 is 2.92 bits per heavy atom. The molecule has 0 atom stereocenters. The zero-order valence-corrected chi connectivity index (χ0v) is 8.05. The lowest BCUT2D eigenvalue weighted by molar-refractivity contribution is -0.958. The van der Waals surface area contributed by atoms with Crippen LogP contribution in [-0.4, -0.2) is 31.3 Å². The molecule has 2 heterocycles. The van der Waals surface area contributed by atoms with Crippen molar-refractivity contribution in [2.45, 2.75) is 13.5 Å². The highest BCUT2D eigenvalue weighted by Gasteiger charge is 2.17. The number of rotatable bonds is 2. The van der Waals surface area contributed by atoms with Crippen LogP contribution in [0.1, 0.15) is 11.5 Å². The first-order chi connectivity index (χ1) is 6.34. The molecule has 2 rings (SSSR count). The number of aryl methyl sites for hydroxylation is 1. The monoisotopic (exact) mass is 183 g/mol. The second-order valence-electron chi connectivity index (χ2n) is 3.72.